The van der Waals surface area contributed by atoms with Crippen LogP contribution in [0.3, 0.4) is 0 Å². The summed E-state index contributed by atoms with van der Waals surface area (Å²) < 4.78 is 13.5. The van der Waals surface area contributed by atoms with Gasteiger partial charge in [0.25, 0.3) is 0 Å². The number of thiophene rings is 2. The second kappa shape index (κ2) is 4.36. The van der Waals surface area contributed by atoms with Gasteiger partial charge in [0.2, 0.25) is 0 Å². The molecule has 2 aromatic carbocycles. The van der Waals surface area contributed by atoms with Crippen LogP contribution in [0.1, 0.15) is 0 Å². The molecule has 0 atom stereocenters. The van der Waals surface area contributed by atoms with E-state index < -0.39 is 0 Å². The van der Waals surface area contributed by atoms with Crippen LogP contribution in [0.15, 0.2) is 35.0 Å². The highest BCUT2D eigenvalue weighted by molar-refractivity contribution is 7.18. The van der Waals surface area contributed by atoms with Gasteiger partial charge in [0.05, 0.1) is 23.6 Å². The molecule has 20 heavy (non-hydrogen) atoms. The summed E-state index contributed by atoms with van der Waals surface area (Å²) >= 11 is 3.42. The number of rotatable bonds is 2. The third-order valence-corrected chi connectivity index (χ3v) is 5.50. The molecule has 4 heteroatoms. The first-order valence-corrected chi connectivity index (χ1v) is 8.01. The average molecular weight is 300 g/mol. The Kier molecular flexibility index (Phi) is 2.62. The first-order chi connectivity index (χ1) is 9.83. The van der Waals surface area contributed by atoms with E-state index in [2.05, 4.69) is 35.0 Å². The summed E-state index contributed by atoms with van der Waals surface area (Å²) in [5.74, 6) is 1.89. The van der Waals surface area contributed by atoms with Gasteiger partial charge in [-0.3, -0.25) is 0 Å². The Hall–Kier alpha value is -1.78. The lowest BCUT2D eigenvalue weighted by molar-refractivity contribution is 0.420. The highest BCUT2D eigenvalue weighted by Crippen LogP contribution is 2.43. The van der Waals surface area contributed by atoms with E-state index in [1.165, 1.54) is 30.9 Å². The summed E-state index contributed by atoms with van der Waals surface area (Å²) in [5, 5.41) is 9.13. The molecular formula is C16H12O2S2. The topological polar surface area (TPSA) is 18.5 Å². The molecule has 0 saturated heterocycles. The van der Waals surface area contributed by atoms with Gasteiger partial charge in [-0.2, -0.15) is 0 Å². The fraction of sp³-hybridized carbons (Fsp3) is 0.125. The van der Waals surface area contributed by atoms with Crippen LogP contribution < -0.4 is 9.47 Å². The van der Waals surface area contributed by atoms with Crippen molar-refractivity contribution < 1.29 is 9.47 Å². The maximum absolute atomic E-state index is 5.56. The van der Waals surface area contributed by atoms with Crippen LogP contribution in [-0.2, 0) is 0 Å². The Balaban J connectivity index is 2.30. The zero-order valence-corrected chi connectivity index (χ0v) is 12.7. The van der Waals surface area contributed by atoms with Gasteiger partial charge < -0.3 is 9.47 Å². The fourth-order valence-corrected chi connectivity index (χ4v) is 4.53. The minimum atomic E-state index is 0.945. The van der Waals surface area contributed by atoms with Gasteiger partial charge in [-0.15, -0.1) is 22.7 Å². The van der Waals surface area contributed by atoms with E-state index in [4.69, 9.17) is 9.47 Å². The van der Waals surface area contributed by atoms with Crippen LogP contribution in [0.25, 0.3) is 30.9 Å². The minimum Gasteiger partial charge on any atom is -0.495 e. The quantitative estimate of drug-likeness (QED) is 0.501. The molecule has 0 spiro atoms. The highest BCUT2D eigenvalue weighted by Gasteiger charge is 2.14. The summed E-state index contributed by atoms with van der Waals surface area (Å²) in [4.78, 5) is 0. The second-order valence-corrected chi connectivity index (χ2v) is 6.41. The van der Waals surface area contributed by atoms with Crippen molar-refractivity contribution in [3.63, 3.8) is 0 Å². The molecule has 0 aliphatic rings. The molecule has 0 saturated carbocycles. The minimum absolute atomic E-state index is 0.945. The molecule has 0 amide bonds. The average Bonchev–Trinajstić information content (AvgIpc) is 3.13. The molecule has 0 bridgehead atoms. The van der Waals surface area contributed by atoms with Gasteiger partial charge >= 0.3 is 0 Å². The van der Waals surface area contributed by atoms with Crippen molar-refractivity contribution in [1.29, 1.82) is 0 Å². The second-order valence-electron chi connectivity index (χ2n) is 4.58. The lowest BCUT2D eigenvalue weighted by Crippen LogP contribution is -1.87. The van der Waals surface area contributed by atoms with E-state index in [9.17, 15) is 0 Å². The molecule has 100 valence electrons. The van der Waals surface area contributed by atoms with Crippen LogP contribution in [0.4, 0.5) is 0 Å². The maximum Gasteiger partial charge on any atom is 0.137 e. The molecule has 4 rings (SSSR count). The van der Waals surface area contributed by atoms with E-state index in [0.717, 1.165) is 11.5 Å². The summed E-state index contributed by atoms with van der Waals surface area (Å²) in [6.45, 7) is 0. The maximum atomic E-state index is 5.56. The molecule has 2 aromatic heterocycles. The van der Waals surface area contributed by atoms with Crippen molar-refractivity contribution in [3.8, 4) is 11.5 Å². The lowest BCUT2D eigenvalue weighted by Gasteiger charge is -2.10. The molecule has 4 aromatic rings. The Morgan fingerprint density at radius 1 is 0.700 bits per heavy atom. The number of hydrogen-bond acceptors (Lipinski definition) is 4. The van der Waals surface area contributed by atoms with Crippen LogP contribution in [0.2, 0.25) is 0 Å². The Labute approximate surface area is 124 Å². The van der Waals surface area contributed by atoms with Crippen LogP contribution >= 0.6 is 22.7 Å². The monoisotopic (exact) mass is 300 g/mol. The molecule has 0 unspecified atom stereocenters. The molecule has 0 N–H and O–H groups in total. The number of fused-ring (bicyclic) bond motifs is 5. The number of methoxy groups -OCH3 is 2. The Morgan fingerprint density at radius 2 is 1.15 bits per heavy atom. The smallest absolute Gasteiger partial charge is 0.137 e. The van der Waals surface area contributed by atoms with Crippen molar-refractivity contribution in [2.45, 2.75) is 0 Å². The van der Waals surface area contributed by atoms with Gasteiger partial charge in [-0.1, -0.05) is 0 Å². The molecule has 2 nitrogen and oxygen atoms in total. The summed E-state index contributed by atoms with van der Waals surface area (Å²) in [5.41, 5.74) is 0. The van der Waals surface area contributed by atoms with Crippen LogP contribution in [0, 0.1) is 0 Å². The van der Waals surface area contributed by atoms with Crippen molar-refractivity contribution >= 4 is 53.6 Å². The van der Waals surface area contributed by atoms with E-state index >= 15 is 0 Å². The van der Waals surface area contributed by atoms with Gasteiger partial charge in [0.1, 0.15) is 11.5 Å². The van der Waals surface area contributed by atoms with E-state index in [1.54, 1.807) is 36.9 Å². The molecular weight excluding hydrogens is 288 g/mol. The number of hydrogen-bond donors (Lipinski definition) is 0. The van der Waals surface area contributed by atoms with Crippen molar-refractivity contribution in [1.82, 2.24) is 0 Å². The summed E-state index contributed by atoms with van der Waals surface area (Å²) in [6, 6.07) is 8.59. The SMILES string of the molecule is COc1cc2c3ccsc3c(OC)cc2c2ccsc12. The predicted octanol–water partition coefficient (Wildman–Crippen LogP) is 5.29. The standard InChI is InChI=1S/C16H12O2S2/c1-17-13-7-11-10-4-6-20-16(10)14(18-2)8-12(11)9-3-5-19-15(9)13/h3-8H,1-2H3. The number of ether oxygens (including phenoxy) is 2. The molecule has 0 fully saturated rings. The Bertz CT molecular complexity index is 856. The lowest BCUT2D eigenvalue weighted by atomic mass is 10.0. The molecule has 0 aliphatic heterocycles. The normalized spacial score (nSPS) is 11.5. The molecule has 0 radical (unpaired) electrons. The van der Waals surface area contributed by atoms with Gasteiger partial charge in [-0.05, 0) is 45.8 Å². The van der Waals surface area contributed by atoms with E-state index in [-0.39, 0.29) is 0 Å². The van der Waals surface area contributed by atoms with E-state index in [1.807, 2.05) is 0 Å². The van der Waals surface area contributed by atoms with Gasteiger partial charge in [-0.25, -0.2) is 0 Å². The van der Waals surface area contributed by atoms with Crippen LogP contribution in [-0.4, -0.2) is 14.2 Å². The van der Waals surface area contributed by atoms with Gasteiger partial charge in [0.15, 0.2) is 0 Å². The van der Waals surface area contributed by atoms with Crippen molar-refractivity contribution in [3.05, 3.63) is 35.0 Å². The largest absolute Gasteiger partial charge is 0.495 e. The van der Waals surface area contributed by atoms with Crippen molar-refractivity contribution in [2.24, 2.45) is 0 Å². The first-order valence-electron chi connectivity index (χ1n) is 6.25. The van der Waals surface area contributed by atoms with E-state index in [0.29, 0.717) is 0 Å². The zero-order valence-electron chi connectivity index (χ0n) is 11.1. The third-order valence-electron chi connectivity index (χ3n) is 3.64. The van der Waals surface area contributed by atoms with Gasteiger partial charge in [0, 0.05) is 10.8 Å². The third kappa shape index (κ3) is 1.49. The predicted molar refractivity (Wildman–Crippen MR) is 87.8 cm³/mol. The first kappa shape index (κ1) is 12.0. The zero-order chi connectivity index (χ0) is 13.7. The Morgan fingerprint density at radius 3 is 1.55 bits per heavy atom. The molecule has 0 aliphatic carbocycles. The number of benzene rings is 2. The fourth-order valence-electron chi connectivity index (χ4n) is 2.72. The van der Waals surface area contributed by atoms with Crippen LogP contribution in [0.5, 0.6) is 11.5 Å². The highest BCUT2D eigenvalue weighted by atomic mass is 32.1. The summed E-state index contributed by atoms with van der Waals surface area (Å²) in [7, 11) is 3.46. The molecule has 2 heterocycles. The summed E-state index contributed by atoms with van der Waals surface area (Å²) in [6.07, 6.45) is 0. The van der Waals surface area contributed by atoms with Crippen molar-refractivity contribution in [2.75, 3.05) is 14.2 Å².